The summed E-state index contributed by atoms with van der Waals surface area (Å²) in [7, 11) is 1.90. The van der Waals surface area contributed by atoms with E-state index in [0.29, 0.717) is 25.4 Å². The van der Waals surface area contributed by atoms with Gasteiger partial charge in [0.25, 0.3) is 5.91 Å². The van der Waals surface area contributed by atoms with Crippen molar-refractivity contribution in [2.75, 3.05) is 44.9 Å². The molecule has 0 radical (unpaired) electrons. The molecule has 2 atom stereocenters. The van der Waals surface area contributed by atoms with Gasteiger partial charge in [0.05, 0.1) is 24.9 Å². The Labute approximate surface area is 150 Å². The fourth-order valence-electron chi connectivity index (χ4n) is 3.93. The highest BCUT2D eigenvalue weighted by Crippen LogP contribution is 2.45. The van der Waals surface area contributed by atoms with Crippen molar-refractivity contribution in [3.8, 4) is 0 Å². The van der Waals surface area contributed by atoms with E-state index in [4.69, 9.17) is 9.47 Å². The molecule has 1 saturated carbocycles. The van der Waals surface area contributed by atoms with E-state index in [9.17, 15) is 4.79 Å². The lowest BCUT2D eigenvalue weighted by atomic mass is 9.63. The first-order valence-corrected chi connectivity index (χ1v) is 9.13. The molecule has 25 heavy (non-hydrogen) atoms. The van der Waals surface area contributed by atoms with Crippen LogP contribution in [0.25, 0.3) is 0 Å². The van der Waals surface area contributed by atoms with Crippen molar-refractivity contribution in [2.45, 2.75) is 39.3 Å². The Balaban J connectivity index is 1.77. The first kappa shape index (κ1) is 18.1. The van der Waals surface area contributed by atoms with Crippen LogP contribution in [0.15, 0.2) is 18.3 Å². The second-order valence-corrected chi connectivity index (χ2v) is 7.41. The van der Waals surface area contributed by atoms with Gasteiger partial charge < -0.3 is 19.3 Å². The number of rotatable bonds is 5. The summed E-state index contributed by atoms with van der Waals surface area (Å²) in [6, 6.07) is 3.89. The molecule has 2 fully saturated rings. The van der Waals surface area contributed by atoms with Gasteiger partial charge in [-0.25, -0.2) is 4.98 Å². The molecule has 0 unspecified atom stereocenters. The van der Waals surface area contributed by atoms with Crippen LogP contribution in [0.4, 0.5) is 5.82 Å². The number of pyridine rings is 1. The smallest absolute Gasteiger partial charge is 0.257 e. The second kappa shape index (κ2) is 7.30. The van der Waals surface area contributed by atoms with Crippen LogP contribution < -0.4 is 4.90 Å². The molecule has 1 saturated heterocycles. The maximum absolute atomic E-state index is 13.2. The highest BCUT2D eigenvalue weighted by Gasteiger charge is 2.52. The summed E-state index contributed by atoms with van der Waals surface area (Å²) < 4.78 is 11.2. The number of anilines is 1. The Morgan fingerprint density at radius 1 is 1.44 bits per heavy atom. The first-order chi connectivity index (χ1) is 12.0. The topological polar surface area (TPSA) is 54.9 Å². The molecule has 3 rings (SSSR count). The number of ether oxygens (including phenoxy) is 2. The molecule has 1 aliphatic carbocycles. The number of morpholine rings is 1. The van der Waals surface area contributed by atoms with E-state index in [1.54, 1.807) is 6.20 Å². The lowest BCUT2D eigenvalue weighted by Crippen LogP contribution is -2.62. The summed E-state index contributed by atoms with van der Waals surface area (Å²) in [5, 5.41) is 0. The molecule has 1 aromatic rings. The van der Waals surface area contributed by atoms with Gasteiger partial charge in [0, 0.05) is 44.4 Å². The highest BCUT2D eigenvalue weighted by molar-refractivity contribution is 5.99. The third-order valence-electron chi connectivity index (χ3n) is 5.61. The van der Waals surface area contributed by atoms with Crippen LogP contribution in [0.1, 0.15) is 37.6 Å². The maximum Gasteiger partial charge on any atom is 0.257 e. The molecule has 6 nitrogen and oxygen atoms in total. The Kier molecular flexibility index (Phi) is 5.29. The van der Waals surface area contributed by atoms with Gasteiger partial charge in [-0.3, -0.25) is 4.79 Å². The second-order valence-electron chi connectivity index (χ2n) is 7.41. The predicted octanol–water partition coefficient (Wildman–Crippen LogP) is 2.19. The van der Waals surface area contributed by atoms with Crippen molar-refractivity contribution < 1.29 is 14.3 Å². The number of hydrogen-bond acceptors (Lipinski definition) is 5. The van der Waals surface area contributed by atoms with Gasteiger partial charge in [-0.05, 0) is 25.5 Å². The predicted molar refractivity (Wildman–Crippen MR) is 97.0 cm³/mol. The van der Waals surface area contributed by atoms with Gasteiger partial charge in [-0.1, -0.05) is 13.8 Å². The van der Waals surface area contributed by atoms with Gasteiger partial charge >= 0.3 is 0 Å². The molecule has 0 bridgehead atoms. The van der Waals surface area contributed by atoms with E-state index >= 15 is 0 Å². The van der Waals surface area contributed by atoms with E-state index in [0.717, 1.165) is 25.3 Å². The first-order valence-electron chi connectivity index (χ1n) is 9.13. The molecule has 1 amide bonds. The molecule has 2 aliphatic rings. The third kappa shape index (κ3) is 3.37. The molecule has 2 heterocycles. The third-order valence-corrected chi connectivity index (χ3v) is 5.61. The molecule has 1 aromatic heterocycles. The normalized spacial score (nSPS) is 25.4. The number of aromatic nitrogens is 1. The zero-order chi connectivity index (χ0) is 18.0. The minimum absolute atomic E-state index is 0.0302. The standard InChI is InChI=1S/C19H29N3O3/c1-5-25-16-13-15(19(16,2)3)21(4)18(23)14-7-6-8-20-17(14)22-9-11-24-12-10-22/h6-8,15-16H,5,9-13H2,1-4H3/t15-,16+/m0/s1. The van der Waals surface area contributed by atoms with Crippen LogP contribution in [0.5, 0.6) is 0 Å². The van der Waals surface area contributed by atoms with Crippen molar-refractivity contribution in [3.63, 3.8) is 0 Å². The van der Waals surface area contributed by atoms with Gasteiger partial charge in [0.2, 0.25) is 0 Å². The Morgan fingerprint density at radius 3 is 2.80 bits per heavy atom. The minimum Gasteiger partial charge on any atom is -0.378 e. The SMILES string of the molecule is CCO[C@@H]1C[C@H](N(C)C(=O)c2cccnc2N2CCOCC2)C1(C)C. The lowest BCUT2D eigenvalue weighted by Gasteiger charge is -2.54. The highest BCUT2D eigenvalue weighted by atomic mass is 16.5. The monoisotopic (exact) mass is 347 g/mol. The van der Waals surface area contributed by atoms with E-state index < -0.39 is 0 Å². The Bertz CT molecular complexity index is 614. The van der Waals surface area contributed by atoms with E-state index in [2.05, 4.69) is 23.7 Å². The zero-order valence-corrected chi connectivity index (χ0v) is 15.7. The summed E-state index contributed by atoms with van der Waals surface area (Å²) >= 11 is 0. The molecule has 0 spiro atoms. The quantitative estimate of drug-likeness (QED) is 0.817. The molecule has 0 aromatic carbocycles. The molecular formula is C19H29N3O3. The Hall–Kier alpha value is -1.66. The van der Waals surface area contributed by atoms with Crippen LogP contribution in [0, 0.1) is 5.41 Å². The van der Waals surface area contributed by atoms with Crippen molar-refractivity contribution in [3.05, 3.63) is 23.9 Å². The van der Waals surface area contributed by atoms with Gasteiger partial charge in [-0.15, -0.1) is 0 Å². The fourth-order valence-corrected chi connectivity index (χ4v) is 3.93. The average molecular weight is 347 g/mol. The van der Waals surface area contributed by atoms with Crippen molar-refractivity contribution in [2.24, 2.45) is 5.41 Å². The van der Waals surface area contributed by atoms with Crippen LogP contribution in [-0.4, -0.2) is 67.9 Å². The maximum atomic E-state index is 13.2. The van der Waals surface area contributed by atoms with Crippen LogP contribution >= 0.6 is 0 Å². The zero-order valence-electron chi connectivity index (χ0n) is 15.7. The molecule has 0 N–H and O–H groups in total. The van der Waals surface area contributed by atoms with Gasteiger partial charge in [0.1, 0.15) is 5.82 Å². The molecule has 6 heteroatoms. The van der Waals surface area contributed by atoms with E-state index in [1.807, 2.05) is 31.0 Å². The van der Waals surface area contributed by atoms with Crippen molar-refractivity contribution in [1.29, 1.82) is 0 Å². The number of hydrogen-bond donors (Lipinski definition) is 0. The van der Waals surface area contributed by atoms with Crippen LogP contribution in [-0.2, 0) is 9.47 Å². The minimum atomic E-state index is -0.0399. The molecular weight excluding hydrogens is 318 g/mol. The molecule has 138 valence electrons. The fraction of sp³-hybridized carbons (Fsp3) is 0.684. The Morgan fingerprint density at radius 2 is 2.16 bits per heavy atom. The number of nitrogens with zero attached hydrogens (tertiary/aromatic N) is 3. The van der Waals surface area contributed by atoms with Crippen LogP contribution in [0.3, 0.4) is 0 Å². The van der Waals surface area contributed by atoms with E-state index in [1.165, 1.54) is 0 Å². The summed E-state index contributed by atoms with van der Waals surface area (Å²) in [4.78, 5) is 21.7. The van der Waals surface area contributed by atoms with E-state index in [-0.39, 0.29) is 23.5 Å². The summed E-state index contributed by atoms with van der Waals surface area (Å²) in [5.74, 6) is 0.795. The number of carbonyl (C=O) groups is 1. The number of carbonyl (C=O) groups excluding carboxylic acids is 1. The molecule has 1 aliphatic heterocycles. The summed E-state index contributed by atoms with van der Waals surface area (Å²) in [5.41, 5.74) is 0.629. The van der Waals surface area contributed by atoms with Crippen molar-refractivity contribution >= 4 is 11.7 Å². The van der Waals surface area contributed by atoms with Gasteiger partial charge in [0.15, 0.2) is 0 Å². The summed E-state index contributed by atoms with van der Waals surface area (Å²) in [6.07, 6.45) is 2.85. The lowest BCUT2D eigenvalue weighted by molar-refractivity contribution is -0.136. The summed E-state index contributed by atoms with van der Waals surface area (Å²) in [6.45, 7) is 9.96. The largest absolute Gasteiger partial charge is 0.378 e. The van der Waals surface area contributed by atoms with Gasteiger partial charge in [-0.2, -0.15) is 0 Å². The van der Waals surface area contributed by atoms with Crippen LogP contribution in [0.2, 0.25) is 0 Å². The van der Waals surface area contributed by atoms with Crippen molar-refractivity contribution in [1.82, 2.24) is 9.88 Å². The average Bonchev–Trinajstić information content (AvgIpc) is 2.64. The number of amides is 1.